The summed E-state index contributed by atoms with van der Waals surface area (Å²) in [6.07, 6.45) is 1.78. The van der Waals surface area contributed by atoms with Gasteiger partial charge in [0.25, 0.3) is 0 Å². The van der Waals surface area contributed by atoms with E-state index in [1.165, 1.54) is 5.56 Å². The van der Waals surface area contributed by atoms with Gasteiger partial charge in [-0.1, -0.05) is 26.0 Å². The van der Waals surface area contributed by atoms with Gasteiger partial charge in [-0.3, -0.25) is 0 Å². The molecular weight excluding hydrogens is 262 g/mol. The summed E-state index contributed by atoms with van der Waals surface area (Å²) in [5.74, 6) is 2.52. The zero-order valence-electron chi connectivity index (χ0n) is 13.4. The lowest BCUT2D eigenvalue weighted by Gasteiger charge is -2.13. The number of rotatable bonds is 5. The Morgan fingerprint density at radius 3 is 2.62 bits per heavy atom. The van der Waals surface area contributed by atoms with Gasteiger partial charge < -0.3 is 10.1 Å². The first kappa shape index (κ1) is 15.3. The van der Waals surface area contributed by atoms with E-state index in [0.717, 1.165) is 23.4 Å². The summed E-state index contributed by atoms with van der Waals surface area (Å²) in [6, 6.07) is 6.32. The third-order valence-corrected chi connectivity index (χ3v) is 3.35. The topological polar surface area (TPSA) is 47.0 Å². The molecule has 4 heteroatoms. The molecule has 0 aliphatic heterocycles. The summed E-state index contributed by atoms with van der Waals surface area (Å²) in [7, 11) is 0. The maximum Gasteiger partial charge on any atom is 0.226 e. The maximum atomic E-state index is 6.03. The average Bonchev–Trinajstić information content (AvgIpc) is 2.45. The van der Waals surface area contributed by atoms with Gasteiger partial charge in [-0.05, 0) is 43.9 Å². The summed E-state index contributed by atoms with van der Waals surface area (Å²) in [5, 5.41) is 3.10. The Labute approximate surface area is 126 Å². The Hall–Kier alpha value is -2.10. The van der Waals surface area contributed by atoms with Gasteiger partial charge in [0.1, 0.15) is 5.75 Å². The second-order valence-corrected chi connectivity index (χ2v) is 5.49. The minimum Gasteiger partial charge on any atom is -0.438 e. The third kappa shape index (κ3) is 3.72. The number of aryl methyl sites for hydroxylation is 2. The number of nitrogens with zero attached hydrogens (tertiary/aromatic N) is 2. The van der Waals surface area contributed by atoms with Crippen LogP contribution >= 0.6 is 0 Å². The molecule has 0 bridgehead atoms. The molecule has 1 heterocycles. The standard InChI is InChI=1S/C17H23N3O/c1-6-18-17-19-10-13(5)16(20-17)21-15-9-14(11(2)3)8-7-12(15)4/h7-11H,6H2,1-5H3,(H,18,19,20). The lowest BCUT2D eigenvalue weighted by atomic mass is 10.0. The highest BCUT2D eigenvalue weighted by Gasteiger charge is 2.10. The molecule has 1 N–H and O–H groups in total. The lowest BCUT2D eigenvalue weighted by molar-refractivity contribution is 0.454. The van der Waals surface area contributed by atoms with Crippen LogP contribution in [0.4, 0.5) is 5.95 Å². The predicted octanol–water partition coefficient (Wildman–Crippen LogP) is 4.44. The van der Waals surface area contributed by atoms with Crippen LogP contribution in [-0.4, -0.2) is 16.5 Å². The molecule has 0 aliphatic rings. The molecule has 2 aromatic rings. The van der Waals surface area contributed by atoms with Crippen LogP contribution in [0, 0.1) is 13.8 Å². The highest BCUT2D eigenvalue weighted by molar-refractivity contribution is 5.42. The van der Waals surface area contributed by atoms with E-state index in [1.54, 1.807) is 6.20 Å². The van der Waals surface area contributed by atoms with Crippen molar-refractivity contribution < 1.29 is 4.74 Å². The first-order valence-corrected chi connectivity index (χ1v) is 7.37. The van der Waals surface area contributed by atoms with Crippen molar-refractivity contribution in [1.82, 2.24) is 9.97 Å². The fourth-order valence-electron chi connectivity index (χ4n) is 1.96. The first-order valence-electron chi connectivity index (χ1n) is 7.37. The van der Waals surface area contributed by atoms with E-state index in [-0.39, 0.29) is 0 Å². The second kappa shape index (κ2) is 6.57. The molecule has 0 atom stereocenters. The van der Waals surface area contributed by atoms with Crippen molar-refractivity contribution in [2.75, 3.05) is 11.9 Å². The van der Waals surface area contributed by atoms with Gasteiger partial charge in [0.05, 0.1) is 0 Å². The Balaban J connectivity index is 2.33. The van der Waals surface area contributed by atoms with Gasteiger partial charge in [0.2, 0.25) is 11.8 Å². The van der Waals surface area contributed by atoms with Crippen LogP contribution in [0.1, 0.15) is 43.4 Å². The zero-order chi connectivity index (χ0) is 15.4. The van der Waals surface area contributed by atoms with Crippen molar-refractivity contribution >= 4 is 5.95 Å². The van der Waals surface area contributed by atoms with E-state index in [9.17, 15) is 0 Å². The van der Waals surface area contributed by atoms with E-state index in [0.29, 0.717) is 17.7 Å². The van der Waals surface area contributed by atoms with Gasteiger partial charge in [0, 0.05) is 18.3 Å². The number of aromatic nitrogens is 2. The van der Waals surface area contributed by atoms with Crippen LogP contribution in [0.5, 0.6) is 11.6 Å². The molecule has 0 spiro atoms. The largest absolute Gasteiger partial charge is 0.438 e. The summed E-state index contributed by atoms with van der Waals surface area (Å²) in [5.41, 5.74) is 3.28. The first-order chi connectivity index (χ1) is 10.0. The van der Waals surface area contributed by atoms with Crippen molar-refractivity contribution in [1.29, 1.82) is 0 Å². The summed E-state index contributed by atoms with van der Waals surface area (Å²) in [6.45, 7) is 11.1. The summed E-state index contributed by atoms with van der Waals surface area (Å²) >= 11 is 0. The van der Waals surface area contributed by atoms with Crippen molar-refractivity contribution in [3.05, 3.63) is 41.1 Å². The molecule has 21 heavy (non-hydrogen) atoms. The number of ether oxygens (including phenoxy) is 1. The van der Waals surface area contributed by atoms with Gasteiger partial charge in [0.15, 0.2) is 0 Å². The number of benzene rings is 1. The molecule has 0 saturated heterocycles. The van der Waals surface area contributed by atoms with Crippen molar-refractivity contribution in [3.8, 4) is 11.6 Å². The molecular formula is C17H23N3O. The second-order valence-electron chi connectivity index (χ2n) is 5.49. The van der Waals surface area contributed by atoms with Gasteiger partial charge in [-0.15, -0.1) is 0 Å². The van der Waals surface area contributed by atoms with Crippen molar-refractivity contribution in [3.63, 3.8) is 0 Å². The van der Waals surface area contributed by atoms with E-state index in [4.69, 9.17) is 4.74 Å². The molecule has 2 rings (SSSR count). The number of anilines is 1. The molecule has 0 aliphatic carbocycles. The van der Waals surface area contributed by atoms with E-state index in [2.05, 4.69) is 47.3 Å². The van der Waals surface area contributed by atoms with E-state index >= 15 is 0 Å². The SMILES string of the molecule is CCNc1ncc(C)c(Oc2cc(C(C)C)ccc2C)n1. The van der Waals surface area contributed by atoms with Crippen molar-refractivity contribution in [2.24, 2.45) is 0 Å². The Bertz CT molecular complexity index is 623. The molecule has 0 fully saturated rings. The van der Waals surface area contributed by atoms with Gasteiger partial charge >= 0.3 is 0 Å². The minimum absolute atomic E-state index is 0.469. The molecule has 1 aromatic heterocycles. The highest BCUT2D eigenvalue weighted by Crippen LogP contribution is 2.29. The van der Waals surface area contributed by atoms with Crippen LogP contribution in [0.15, 0.2) is 24.4 Å². The van der Waals surface area contributed by atoms with Crippen LogP contribution < -0.4 is 10.1 Å². The average molecular weight is 285 g/mol. The lowest BCUT2D eigenvalue weighted by Crippen LogP contribution is -2.04. The molecule has 1 aromatic carbocycles. The molecule has 0 saturated carbocycles. The third-order valence-electron chi connectivity index (χ3n) is 3.35. The number of hydrogen-bond donors (Lipinski definition) is 1. The van der Waals surface area contributed by atoms with Gasteiger partial charge in [-0.25, -0.2) is 4.98 Å². The molecule has 0 unspecified atom stereocenters. The quantitative estimate of drug-likeness (QED) is 0.882. The molecule has 4 nitrogen and oxygen atoms in total. The monoisotopic (exact) mass is 285 g/mol. The molecule has 0 amide bonds. The fourth-order valence-corrected chi connectivity index (χ4v) is 1.96. The maximum absolute atomic E-state index is 6.03. The summed E-state index contributed by atoms with van der Waals surface area (Å²) < 4.78 is 6.03. The Morgan fingerprint density at radius 1 is 1.19 bits per heavy atom. The zero-order valence-corrected chi connectivity index (χ0v) is 13.4. The van der Waals surface area contributed by atoms with E-state index in [1.807, 2.05) is 20.8 Å². The van der Waals surface area contributed by atoms with Crippen LogP contribution in [0.3, 0.4) is 0 Å². The predicted molar refractivity (Wildman–Crippen MR) is 86.3 cm³/mol. The van der Waals surface area contributed by atoms with Crippen LogP contribution in [-0.2, 0) is 0 Å². The number of nitrogens with one attached hydrogen (secondary N) is 1. The normalized spacial score (nSPS) is 10.8. The fraction of sp³-hybridized carbons (Fsp3) is 0.412. The number of hydrogen-bond acceptors (Lipinski definition) is 4. The van der Waals surface area contributed by atoms with E-state index < -0.39 is 0 Å². The smallest absolute Gasteiger partial charge is 0.226 e. The summed E-state index contributed by atoms with van der Waals surface area (Å²) in [4.78, 5) is 8.66. The van der Waals surface area contributed by atoms with Crippen LogP contribution in [0.2, 0.25) is 0 Å². The Kier molecular flexibility index (Phi) is 4.78. The molecule has 112 valence electrons. The molecule has 0 radical (unpaired) electrons. The Morgan fingerprint density at radius 2 is 1.95 bits per heavy atom. The van der Waals surface area contributed by atoms with Crippen molar-refractivity contribution in [2.45, 2.75) is 40.5 Å². The van der Waals surface area contributed by atoms with Crippen LogP contribution in [0.25, 0.3) is 0 Å². The minimum atomic E-state index is 0.469. The highest BCUT2D eigenvalue weighted by atomic mass is 16.5. The van der Waals surface area contributed by atoms with Gasteiger partial charge in [-0.2, -0.15) is 4.98 Å².